The summed E-state index contributed by atoms with van der Waals surface area (Å²) in [5.41, 5.74) is 1.81. The average molecular weight is 263 g/mol. The Balaban J connectivity index is 2.04. The maximum atomic E-state index is 13.1. The second-order valence-corrected chi connectivity index (χ2v) is 4.79. The lowest BCUT2D eigenvalue weighted by atomic mass is 10.1. The molecule has 0 aliphatic heterocycles. The van der Waals surface area contributed by atoms with Crippen molar-refractivity contribution in [2.45, 2.75) is 33.4 Å². The van der Waals surface area contributed by atoms with Crippen LogP contribution in [-0.4, -0.2) is 5.11 Å². The SMILES string of the molecule is Cc1cc(C(C)NCc2cc(O)cc(F)c2)c(C)o1. The lowest BCUT2D eigenvalue weighted by Crippen LogP contribution is -2.18. The van der Waals surface area contributed by atoms with Crippen molar-refractivity contribution in [2.75, 3.05) is 0 Å². The molecule has 102 valence electrons. The molecule has 0 fully saturated rings. The molecule has 1 aromatic heterocycles. The van der Waals surface area contributed by atoms with Crippen LogP contribution in [0.15, 0.2) is 28.7 Å². The number of furan rings is 1. The van der Waals surface area contributed by atoms with Crippen LogP contribution in [0.4, 0.5) is 4.39 Å². The first-order chi connectivity index (χ1) is 8.95. The number of halogens is 1. The molecule has 4 heteroatoms. The number of nitrogens with one attached hydrogen (secondary N) is 1. The van der Waals surface area contributed by atoms with Gasteiger partial charge in [-0.1, -0.05) is 0 Å². The maximum Gasteiger partial charge on any atom is 0.127 e. The molecular weight excluding hydrogens is 245 g/mol. The topological polar surface area (TPSA) is 45.4 Å². The highest BCUT2D eigenvalue weighted by Crippen LogP contribution is 2.22. The van der Waals surface area contributed by atoms with Gasteiger partial charge in [0.2, 0.25) is 0 Å². The molecule has 19 heavy (non-hydrogen) atoms. The molecule has 1 atom stereocenters. The number of hydrogen-bond donors (Lipinski definition) is 2. The van der Waals surface area contributed by atoms with Gasteiger partial charge in [0.15, 0.2) is 0 Å². The maximum absolute atomic E-state index is 13.1. The quantitative estimate of drug-likeness (QED) is 0.886. The number of aromatic hydroxyl groups is 1. The van der Waals surface area contributed by atoms with Crippen molar-refractivity contribution in [2.24, 2.45) is 0 Å². The van der Waals surface area contributed by atoms with Crippen LogP contribution in [0.3, 0.4) is 0 Å². The van der Waals surface area contributed by atoms with Crippen LogP contribution in [-0.2, 0) is 6.54 Å². The molecule has 0 radical (unpaired) electrons. The fraction of sp³-hybridized carbons (Fsp3) is 0.333. The molecule has 1 unspecified atom stereocenters. The van der Waals surface area contributed by atoms with E-state index in [1.165, 1.54) is 6.07 Å². The van der Waals surface area contributed by atoms with E-state index in [2.05, 4.69) is 5.32 Å². The Kier molecular flexibility index (Phi) is 3.90. The van der Waals surface area contributed by atoms with Crippen LogP contribution < -0.4 is 5.32 Å². The summed E-state index contributed by atoms with van der Waals surface area (Å²) >= 11 is 0. The fourth-order valence-corrected chi connectivity index (χ4v) is 2.20. The van der Waals surface area contributed by atoms with E-state index in [0.29, 0.717) is 12.1 Å². The third-order valence-electron chi connectivity index (χ3n) is 3.10. The first-order valence-electron chi connectivity index (χ1n) is 6.24. The largest absolute Gasteiger partial charge is 0.508 e. The molecule has 0 aliphatic carbocycles. The third-order valence-corrected chi connectivity index (χ3v) is 3.10. The molecule has 0 bridgehead atoms. The molecule has 2 rings (SSSR count). The van der Waals surface area contributed by atoms with Crippen molar-refractivity contribution in [3.8, 4) is 5.75 Å². The van der Waals surface area contributed by atoms with E-state index in [1.807, 2.05) is 26.8 Å². The number of phenols is 1. The lowest BCUT2D eigenvalue weighted by Gasteiger charge is -2.13. The number of aryl methyl sites for hydroxylation is 2. The van der Waals surface area contributed by atoms with Gasteiger partial charge in [0.1, 0.15) is 23.1 Å². The Morgan fingerprint density at radius 2 is 2.00 bits per heavy atom. The highest BCUT2D eigenvalue weighted by Gasteiger charge is 2.12. The molecule has 3 nitrogen and oxygen atoms in total. The van der Waals surface area contributed by atoms with Crippen LogP contribution in [0.5, 0.6) is 5.75 Å². The summed E-state index contributed by atoms with van der Waals surface area (Å²) in [5, 5.41) is 12.6. The standard InChI is InChI=1S/C15H18FNO2/c1-9-4-15(11(3)19-9)10(2)17-8-12-5-13(16)7-14(18)6-12/h4-7,10,17-18H,8H2,1-3H3. The van der Waals surface area contributed by atoms with E-state index < -0.39 is 5.82 Å². The molecular formula is C15H18FNO2. The van der Waals surface area contributed by atoms with Crippen LogP contribution in [0.25, 0.3) is 0 Å². The zero-order valence-electron chi connectivity index (χ0n) is 11.3. The van der Waals surface area contributed by atoms with Gasteiger partial charge in [-0.05, 0) is 44.5 Å². The number of phenolic OH excluding ortho intramolecular Hbond substituents is 1. The molecule has 2 aromatic rings. The van der Waals surface area contributed by atoms with Crippen molar-refractivity contribution in [3.63, 3.8) is 0 Å². The van der Waals surface area contributed by atoms with Gasteiger partial charge in [-0.25, -0.2) is 4.39 Å². The van der Waals surface area contributed by atoms with Gasteiger partial charge >= 0.3 is 0 Å². The molecule has 0 aliphatic rings. The van der Waals surface area contributed by atoms with Gasteiger partial charge in [0.25, 0.3) is 0 Å². The first-order valence-corrected chi connectivity index (χ1v) is 6.24. The Morgan fingerprint density at radius 1 is 1.26 bits per heavy atom. The van der Waals surface area contributed by atoms with E-state index >= 15 is 0 Å². The smallest absolute Gasteiger partial charge is 0.127 e. The number of benzene rings is 1. The molecule has 0 saturated carbocycles. The van der Waals surface area contributed by atoms with Crippen LogP contribution in [0.1, 0.15) is 35.6 Å². The fourth-order valence-electron chi connectivity index (χ4n) is 2.20. The summed E-state index contributed by atoms with van der Waals surface area (Å²) in [4.78, 5) is 0. The van der Waals surface area contributed by atoms with E-state index in [9.17, 15) is 9.50 Å². The van der Waals surface area contributed by atoms with Crippen molar-refractivity contribution in [1.82, 2.24) is 5.32 Å². The van der Waals surface area contributed by atoms with Gasteiger partial charge in [-0.2, -0.15) is 0 Å². The minimum absolute atomic E-state index is 0.0558. The number of hydrogen-bond acceptors (Lipinski definition) is 3. The summed E-state index contributed by atoms with van der Waals surface area (Å²) in [6, 6.07) is 6.15. The summed E-state index contributed by atoms with van der Waals surface area (Å²) < 4.78 is 18.6. The van der Waals surface area contributed by atoms with E-state index in [1.54, 1.807) is 6.07 Å². The minimum atomic E-state index is -0.431. The Labute approximate surface area is 112 Å². The van der Waals surface area contributed by atoms with Crippen molar-refractivity contribution in [3.05, 3.63) is 52.7 Å². The van der Waals surface area contributed by atoms with Gasteiger partial charge in [0.05, 0.1) is 0 Å². The van der Waals surface area contributed by atoms with Crippen molar-refractivity contribution < 1.29 is 13.9 Å². The molecule has 0 saturated heterocycles. The van der Waals surface area contributed by atoms with Crippen molar-refractivity contribution in [1.29, 1.82) is 0 Å². The zero-order chi connectivity index (χ0) is 14.0. The van der Waals surface area contributed by atoms with E-state index in [0.717, 1.165) is 23.2 Å². The molecule has 1 heterocycles. The normalized spacial score (nSPS) is 12.6. The van der Waals surface area contributed by atoms with Crippen LogP contribution >= 0.6 is 0 Å². The second kappa shape index (κ2) is 5.45. The van der Waals surface area contributed by atoms with Crippen molar-refractivity contribution >= 4 is 0 Å². The first kappa shape index (κ1) is 13.6. The Hall–Kier alpha value is -1.81. The van der Waals surface area contributed by atoms with Crippen LogP contribution in [0.2, 0.25) is 0 Å². The summed E-state index contributed by atoms with van der Waals surface area (Å²) in [7, 11) is 0. The molecule has 2 N–H and O–H groups in total. The molecule has 1 aromatic carbocycles. The van der Waals surface area contributed by atoms with Crippen LogP contribution in [0, 0.1) is 19.7 Å². The Bertz CT molecular complexity index is 557. The summed E-state index contributed by atoms with van der Waals surface area (Å²) in [6.07, 6.45) is 0. The van der Waals surface area contributed by atoms with Gasteiger partial charge in [-0.3, -0.25) is 0 Å². The van der Waals surface area contributed by atoms with E-state index in [-0.39, 0.29) is 11.8 Å². The lowest BCUT2D eigenvalue weighted by molar-refractivity contribution is 0.465. The third kappa shape index (κ3) is 3.35. The highest BCUT2D eigenvalue weighted by atomic mass is 19.1. The minimum Gasteiger partial charge on any atom is -0.508 e. The number of rotatable bonds is 4. The van der Waals surface area contributed by atoms with Gasteiger partial charge < -0.3 is 14.8 Å². The highest BCUT2D eigenvalue weighted by molar-refractivity contribution is 5.29. The summed E-state index contributed by atoms with van der Waals surface area (Å²) in [5.74, 6) is 1.28. The molecule has 0 amide bonds. The predicted octanol–water partition coefficient (Wildman–Crippen LogP) is 3.59. The average Bonchev–Trinajstić information content (AvgIpc) is 2.64. The molecule has 0 spiro atoms. The monoisotopic (exact) mass is 263 g/mol. The second-order valence-electron chi connectivity index (χ2n) is 4.79. The van der Waals surface area contributed by atoms with Gasteiger partial charge in [-0.15, -0.1) is 0 Å². The summed E-state index contributed by atoms with van der Waals surface area (Å²) in [6.45, 7) is 6.34. The van der Waals surface area contributed by atoms with E-state index in [4.69, 9.17) is 4.42 Å². The van der Waals surface area contributed by atoms with Gasteiger partial charge in [0, 0.05) is 24.2 Å². The zero-order valence-corrected chi connectivity index (χ0v) is 11.3. The predicted molar refractivity (Wildman–Crippen MR) is 71.5 cm³/mol. The Morgan fingerprint density at radius 3 is 2.58 bits per heavy atom.